The Morgan fingerprint density at radius 3 is 2.61 bits per heavy atom. The van der Waals surface area contributed by atoms with Crippen molar-refractivity contribution in [3.05, 3.63) is 36.2 Å². The van der Waals surface area contributed by atoms with E-state index in [0.29, 0.717) is 19.0 Å². The molecule has 0 radical (unpaired) electrons. The summed E-state index contributed by atoms with van der Waals surface area (Å²) in [5, 5.41) is 7.22. The van der Waals surface area contributed by atoms with Crippen molar-refractivity contribution in [2.24, 2.45) is 5.73 Å². The predicted octanol–water partition coefficient (Wildman–Crippen LogP) is 1.44. The molecule has 1 aliphatic rings. The van der Waals surface area contributed by atoms with E-state index in [1.54, 1.807) is 0 Å². The molecule has 94 valence electrons. The van der Waals surface area contributed by atoms with Gasteiger partial charge < -0.3 is 10.5 Å². The van der Waals surface area contributed by atoms with Gasteiger partial charge in [0.05, 0.1) is 5.54 Å². The van der Waals surface area contributed by atoms with Crippen molar-refractivity contribution in [1.29, 1.82) is 0 Å². The van der Waals surface area contributed by atoms with Crippen LogP contribution < -0.4 is 5.73 Å². The van der Waals surface area contributed by atoms with Gasteiger partial charge in [-0.2, -0.15) is 5.10 Å². The number of hydrogen-bond donors (Lipinski definition) is 2. The Balaban J connectivity index is 1.89. The zero-order valence-corrected chi connectivity index (χ0v) is 10.1. The average molecular weight is 244 g/mol. The van der Waals surface area contributed by atoms with Crippen LogP contribution in [0.4, 0.5) is 0 Å². The number of ether oxygens (including phenoxy) is 1. The fourth-order valence-electron chi connectivity index (χ4n) is 2.17. The zero-order valence-electron chi connectivity index (χ0n) is 10.1. The summed E-state index contributed by atoms with van der Waals surface area (Å²) < 4.78 is 5.34. The van der Waals surface area contributed by atoms with E-state index >= 15 is 0 Å². The summed E-state index contributed by atoms with van der Waals surface area (Å²) >= 11 is 0. The molecule has 0 unspecified atom stereocenters. The van der Waals surface area contributed by atoms with Gasteiger partial charge in [-0.1, -0.05) is 30.3 Å². The maximum Gasteiger partial charge on any atom is 0.181 e. The van der Waals surface area contributed by atoms with Gasteiger partial charge >= 0.3 is 0 Å². The second-order valence-corrected chi connectivity index (χ2v) is 4.64. The minimum absolute atomic E-state index is 0.432. The molecular weight excluding hydrogens is 228 g/mol. The molecule has 3 N–H and O–H groups in total. The van der Waals surface area contributed by atoms with Crippen LogP contribution in [-0.4, -0.2) is 28.4 Å². The molecule has 2 aromatic rings. The summed E-state index contributed by atoms with van der Waals surface area (Å²) in [5.41, 5.74) is 6.92. The largest absolute Gasteiger partial charge is 0.381 e. The van der Waals surface area contributed by atoms with Crippen LogP contribution in [0.5, 0.6) is 0 Å². The molecule has 1 aromatic heterocycles. The molecule has 5 nitrogen and oxygen atoms in total. The molecule has 0 atom stereocenters. The Labute approximate surface area is 105 Å². The fourth-order valence-corrected chi connectivity index (χ4v) is 2.17. The molecule has 0 aliphatic carbocycles. The molecule has 0 spiro atoms. The van der Waals surface area contributed by atoms with E-state index in [1.165, 1.54) is 0 Å². The lowest BCUT2D eigenvalue weighted by molar-refractivity contribution is 0.0493. The van der Waals surface area contributed by atoms with E-state index in [2.05, 4.69) is 15.2 Å². The monoisotopic (exact) mass is 244 g/mol. The predicted molar refractivity (Wildman–Crippen MR) is 67.7 cm³/mol. The standard InChI is InChI=1S/C13H16N4O/c14-13(6-8-18-9-7-13)12-15-11(16-17-12)10-4-2-1-3-5-10/h1-5H,6-9,14H2,(H,15,16,17). The smallest absolute Gasteiger partial charge is 0.181 e. The Morgan fingerprint density at radius 2 is 1.89 bits per heavy atom. The normalized spacial score (nSPS) is 18.7. The van der Waals surface area contributed by atoms with Crippen molar-refractivity contribution in [1.82, 2.24) is 15.2 Å². The third kappa shape index (κ3) is 2.02. The molecule has 0 bridgehead atoms. The second-order valence-electron chi connectivity index (χ2n) is 4.64. The molecule has 1 fully saturated rings. The molecule has 1 saturated heterocycles. The Morgan fingerprint density at radius 1 is 1.17 bits per heavy atom. The van der Waals surface area contributed by atoms with E-state index in [9.17, 15) is 0 Å². The summed E-state index contributed by atoms with van der Waals surface area (Å²) in [4.78, 5) is 4.53. The van der Waals surface area contributed by atoms with Crippen LogP contribution in [-0.2, 0) is 10.3 Å². The lowest BCUT2D eigenvalue weighted by Crippen LogP contribution is -2.43. The highest BCUT2D eigenvalue weighted by atomic mass is 16.5. The minimum atomic E-state index is -0.432. The van der Waals surface area contributed by atoms with Gasteiger partial charge in [0, 0.05) is 18.8 Å². The van der Waals surface area contributed by atoms with E-state index in [4.69, 9.17) is 10.5 Å². The highest BCUT2D eigenvalue weighted by Gasteiger charge is 2.33. The van der Waals surface area contributed by atoms with Crippen molar-refractivity contribution < 1.29 is 4.74 Å². The highest BCUT2D eigenvalue weighted by molar-refractivity contribution is 5.54. The van der Waals surface area contributed by atoms with E-state index < -0.39 is 5.54 Å². The maximum absolute atomic E-state index is 6.36. The first kappa shape index (κ1) is 11.4. The number of nitrogens with one attached hydrogen (secondary N) is 1. The van der Waals surface area contributed by atoms with Crippen LogP contribution in [0.25, 0.3) is 11.4 Å². The van der Waals surface area contributed by atoms with Crippen molar-refractivity contribution in [3.8, 4) is 11.4 Å². The van der Waals surface area contributed by atoms with Gasteiger partial charge in [-0.3, -0.25) is 5.10 Å². The van der Waals surface area contributed by atoms with Gasteiger partial charge in [0.2, 0.25) is 0 Å². The number of rotatable bonds is 2. The Bertz CT molecular complexity index is 517. The van der Waals surface area contributed by atoms with Gasteiger partial charge in [-0.05, 0) is 12.8 Å². The summed E-state index contributed by atoms with van der Waals surface area (Å²) in [6.07, 6.45) is 1.55. The molecule has 1 aromatic carbocycles. The Hall–Kier alpha value is -1.72. The van der Waals surface area contributed by atoms with Gasteiger partial charge in [0.25, 0.3) is 0 Å². The maximum atomic E-state index is 6.36. The van der Waals surface area contributed by atoms with Gasteiger partial charge in [-0.25, -0.2) is 4.98 Å². The second kappa shape index (κ2) is 4.51. The molecular formula is C13H16N4O. The lowest BCUT2D eigenvalue weighted by atomic mass is 9.91. The summed E-state index contributed by atoms with van der Waals surface area (Å²) in [6.45, 7) is 1.36. The van der Waals surface area contributed by atoms with Crippen LogP contribution >= 0.6 is 0 Å². The molecule has 3 rings (SSSR count). The summed E-state index contributed by atoms with van der Waals surface area (Å²) in [5.74, 6) is 1.45. The van der Waals surface area contributed by atoms with Crippen molar-refractivity contribution >= 4 is 0 Å². The number of hydrogen-bond acceptors (Lipinski definition) is 4. The van der Waals surface area contributed by atoms with Crippen molar-refractivity contribution in [2.45, 2.75) is 18.4 Å². The van der Waals surface area contributed by atoms with Gasteiger partial charge in [0.15, 0.2) is 5.82 Å². The van der Waals surface area contributed by atoms with Crippen LogP contribution in [0.15, 0.2) is 30.3 Å². The fraction of sp³-hybridized carbons (Fsp3) is 0.385. The summed E-state index contributed by atoms with van der Waals surface area (Å²) in [7, 11) is 0. The number of benzene rings is 1. The first-order chi connectivity index (χ1) is 8.78. The van der Waals surface area contributed by atoms with Crippen molar-refractivity contribution in [2.75, 3.05) is 13.2 Å². The van der Waals surface area contributed by atoms with Crippen LogP contribution in [0.2, 0.25) is 0 Å². The Kier molecular flexibility index (Phi) is 2.85. The number of nitrogens with two attached hydrogens (primary N) is 1. The SMILES string of the molecule is NC1(c2nc(-c3ccccc3)n[nH]2)CCOCC1. The minimum Gasteiger partial charge on any atom is -0.381 e. The van der Waals surface area contributed by atoms with Crippen LogP contribution in [0.3, 0.4) is 0 Å². The lowest BCUT2D eigenvalue weighted by Gasteiger charge is -2.30. The molecule has 18 heavy (non-hydrogen) atoms. The van der Waals surface area contributed by atoms with E-state index in [-0.39, 0.29) is 0 Å². The number of aromatic nitrogens is 3. The molecule has 0 saturated carbocycles. The molecule has 1 aliphatic heterocycles. The molecule has 5 heteroatoms. The number of aromatic amines is 1. The number of nitrogens with zero attached hydrogens (tertiary/aromatic N) is 2. The number of H-pyrrole nitrogens is 1. The first-order valence-electron chi connectivity index (χ1n) is 6.13. The average Bonchev–Trinajstić information content (AvgIpc) is 2.91. The molecule has 2 heterocycles. The van der Waals surface area contributed by atoms with Gasteiger partial charge in [0.1, 0.15) is 5.82 Å². The van der Waals surface area contributed by atoms with E-state index in [0.717, 1.165) is 24.2 Å². The third-order valence-electron chi connectivity index (χ3n) is 3.37. The van der Waals surface area contributed by atoms with Gasteiger partial charge in [-0.15, -0.1) is 0 Å². The van der Waals surface area contributed by atoms with E-state index in [1.807, 2.05) is 30.3 Å². The zero-order chi connectivity index (χ0) is 12.4. The first-order valence-corrected chi connectivity index (χ1v) is 6.13. The van der Waals surface area contributed by atoms with Crippen LogP contribution in [0, 0.1) is 0 Å². The van der Waals surface area contributed by atoms with Crippen molar-refractivity contribution in [3.63, 3.8) is 0 Å². The molecule has 0 amide bonds. The third-order valence-corrected chi connectivity index (χ3v) is 3.37. The topological polar surface area (TPSA) is 76.8 Å². The van der Waals surface area contributed by atoms with Crippen LogP contribution in [0.1, 0.15) is 18.7 Å². The summed E-state index contributed by atoms with van der Waals surface area (Å²) in [6, 6.07) is 9.89. The quantitative estimate of drug-likeness (QED) is 0.838. The highest BCUT2D eigenvalue weighted by Crippen LogP contribution is 2.27.